The molecule has 2 aromatic carbocycles. The number of fused-ring (bicyclic) bond motifs is 2. The van der Waals surface area contributed by atoms with Crippen LogP contribution >= 0.6 is 0 Å². The molecule has 0 amide bonds. The first-order valence-corrected chi connectivity index (χ1v) is 10.2. The molecule has 7 heteroatoms. The highest BCUT2D eigenvalue weighted by molar-refractivity contribution is 6.00. The van der Waals surface area contributed by atoms with Crippen LogP contribution in [0.4, 0.5) is 11.6 Å². The maximum Gasteiger partial charge on any atom is 0.255 e. The summed E-state index contributed by atoms with van der Waals surface area (Å²) >= 11 is 0. The summed E-state index contributed by atoms with van der Waals surface area (Å²) < 4.78 is 6.86. The van der Waals surface area contributed by atoms with Crippen LogP contribution in [0.3, 0.4) is 0 Å². The first kappa shape index (κ1) is 19.7. The van der Waals surface area contributed by atoms with Crippen molar-refractivity contribution >= 4 is 17.4 Å². The molecule has 0 atom stereocenters. The molecule has 0 aliphatic carbocycles. The SMILES string of the molecule is COc1cccc(C(=O)CN2c3ccccc3Cn3c2nc(-c2ccncc2)cc3=O)c1. The number of para-hydroxylation sites is 1. The molecule has 7 nitrogen and oxygen atoms in total. The van der Waals surface area contributed by atoms with E-state index in [-0.39, 0.29) is 17.9 Å². The lowest BCUT2D eigenvalue weighted by molar-refractivity contribution is 0.100. The summed E-state index contributed by atoms with van der Waals surface area (Å²) in [6.45, 7) is 0.439. The summed E-state index contributed by atoms with van der Waals surface area (Å²) in [6, 6.07) is 19.9. The highest BCUT2D eigenvalue weighted by Gasteiger charge is 2.27. The second kappa shape index (κ2) is 8.11. The van der Waals surface area contributed by atoms with E-state index in [1.165, 1.54) is 6.07 Å². The van der Waals surface area contributed by atoms with Gasteiger partial charge in [-0.15, -0.1) is 0 Å². The summed E-state index contributed by atoms with van der Waals surface area (Å²) in [4.78, 5) is 36.9. The number of benzene rings is 2. The quantitative estimate of drug-likeness (QED) is 0.455. The number of rotatable bonds is 5. The zero-order valence-corrected chi connectivity index (χ0v) is 17.4. The van der Waals surface area contributed by atoms with Crippen LogP contribution < -0.4 is 15.2 Å². The van der Waals surface area contributed by atoms with Crippen molar-refractivity contribution < 1.29 is 9.53 Å². The lowest BCUT2D eigenvalue weighted by Crippen LogP contribution is -2.37. The molecule has 0 fully saturated rings. The normalized spacial score (nSPS) is 12.1. The molecule has 1 aliphatic rings. The Bertz CT molecular complexity index is 1370. The van der Waals surface area contributed by atoms with E-state index < -0.39 is 0 Å². The van der Waals surface area contributed by atoms with Crippen LogP contribution in [0.15, 0.2) is 83.9 Å². The Hall–Kier alpha value is -4.26. The molecule has 0 N–H and O–H groups in total. The number of hydrogen-bond acceptors (Lipinski definition) is 6. The fourth-order valence-corrected chi connectivity index (χ4v) is 3.89. The standard InChI is InChI=1S/C25H20N4O3/c1-32-20-7-4-6-18(13-20)23(30)16-28-22-8-3-2-5-19(22)15-29-24(31)14-21(27-25(28)29)17-9-11-26-12-10-17/h2-14H,15-16H2,1H3. The van der Waals surface area contributed by atoms with Crippen molar-refractivity contribution in [3.05, 3.63) is 101 Å². The molecule has 4 aromatic rings. The van der Waals surface area contributed by atoms with E-state index in [4.69, 9.17) is 9.72 Å². The van der Waals surface area contributed by atoms with Gasteiger partial charge in [-0.2, -0.15) is 0 Å². The molecule has 0 bridgehead atoms. The van der Waals surface area contributed by atoms with Crippen molar-refractivity contribution in [3.63, 3.8) is 0 Å². The molecule has 158 valence electrons. The zero-order valence-electron chi connectivity index (χ0n) is 17.4. The molecular formula is C25H20N4O3. The number of ketones is 1. The lowest BCUT2D eigenvalue weighted by atomic mass is 10.1. The predicted octanol–water partition coefficient (Wildman–Crippen LogP) is 3.70. The summed E-state index contributed by atoms with van der Waals surface area (Å²) in [5.74, 6) is 0.958. The van der Waals surface area contributed by atoms with Gasteiger partial charge in [0.05, 0.1) is 25.9 Å². The number of methoxy groups -OCH3 is 1. The Morgan fingerprint density at radius 1 is 1.03 bits per heavy atom. The number of Topliss-reactive ketones (excluding diaryl/α,β-unsaturated/α-hetero) is 1. The minimum absolute atomic E-state index is 0.0381. The number of carbonyl (C=O) groups is 1. The van der Waals surface area contributed by atoms with Crippen LogP contribution in [0.1, 0.15) is 15.9 Å². The lowest BCUT2D eigenvalue weighted by Gasteiger charge is -2.32. The van der Waals surface area contributed by atoms with Gasteiger partial charge in [-0.05, 0) is 35.9 Å². The Morgan fingerprint density at radius 3 is 2.66 bits per heavy atom. The Kier molecular flexibility index (Phi) is 4.99. The summed E-state index contributed by atoms with van der Waals surface area (Å²) in [5.41, 5.74) is 3.52. The van der Waals surface area contributed by atoms with Gasteiger partial charge in [0.2, 0.25) is 5.95 Å². The summed E-state index contributed by atoms with van der Waals surface area (Å²) in [5, 5.41) is 0. The van der Waals surface area contributed by atoms with Crippen molar-refractivity contribution in [3.8, 4) is 17.0 Å². The van der Waals surface area contributed by atoms with Gasteiger partial charge in [0, 0.05) is 35.3 Å². The number of hydrogen-bond donors (Lipinski definition) is 0. The number of aromatic nitrogens is 3. The highest BCUT2D eigenvalue weighted by Crippen LogP contribution is 2.33. The molecule has 0 spiro atoms. The summed E-state index contributed by atoms with van der Waals surface area (Å²) in [6.07, 6.45) is 3.32. The summed E-state index contributed by atoms with van der Waals surface area (Å²) in [7, 11) is 1.57. The zero-order chi connectivity index (χ0) is 22.1. The smallest absolute Gasteiger partial charge is 0.255 e. The maximum atomic E-state index is 13.2. The molecule has 0 unspecified atom stereocenters. The van der Waals surface area contributed by atoms with E-state index in [1.807, 2.05) is 29.2 Å². The number of ether oxygens (including phenoxy) is 1. The van der Waals surface area contributed by atoms with Crippen LogP contribution in [0.5, 0.6) is 5.75 Å². The molecule has 0 radical (unpaired) electrons. The monoisotopic (exact) mass is 424 g/mol. The average Bonchev–Trinajstić information content (AvgIpc) is 2.84. The van der Waals surface area contributed by atoms with E-state index in [0.717, 1.165) is 16.8 Å². The van der Waals surface area contributed by atoms with Gasteiger partial charge >= 0.3 is 0 Å². The second-order valence-electron chi connectivity index (χ2n) is 7.47. The largest absolute Gasteiger partial charge is 0.497 e. The topological polar surface area (TPSA) is 77.3 Å². The van der Waals surface area contributed by atoms with Crippen molar-refractivity contribution in [2.75, 3.05) is 18.6 Å². The van der Waals surface area contributed by atoms with E-state index in [1.54, 1.807) is 60.5 Å². The second-order valence-corrected chi connectivity index (χ2v) is 7.47. The van der Waals surface area contributed by atoms with Crippen LogP contribution in [-0.4, -0.2) is 34.0 Å². The number of nitrogens with zero attached hydrogens (tertiary/aromatic N) is 4. The molecule has 0 saturated heterocycles. The Morgan fingerprint density at radius 2 is 1.84 bits per heavy atom. The molecule has 1 aliphatic heterocycles. The fraction of sp³-hybridized carbons (Fsp3) is 0.120. The molecule has 32 heavy (non-hydrogen) atoms. The first-order valence-electron chi connectivity index (χ1n) is 10.2. The van der Waals surface area contributed by atoms with Gasteiger partial charge in [-0.1, -0.05) is 30.3 Å². The first-order chi connectivity index (χ1) is 15.6. The molecule has 3 heterocycles. The number of pyridine rings is 1. The third-order valence-corrected chi connectivity index (χ3v) is 5.51. The molecule has 5 rings (SSSR count). The highest BCUT2D eigenvalue weighted by atomic mass is 16.5. The average molecular weight is 424 g/mol. The molecule has 2 aromatic heterocycles. The van der Waals surface area contributed by atoms with Gasteiger partial charge < -0.3 is 9.64 Å². The van der Waals surface area contributed by atoms with Gasteiger partial charge in [-0.3, -0.25) is 19.1 Å². The van der Waals surface area contributed by atoms with Gasteiger partial charge in [0.15, 0.2) is 5.78 Å². The van der Waals surface area contributed by atoms with Crippen molar-refractivity contribution in [1.29, 1.82) is 0 Å². The number of carbonyl (C=O) groups excluding carboxylic acids is 1. The van der Waals surface area contributed by atoms with Gasteiger partial charge in [-0.25, -0.2) is 4.98 Å². The van der Waals surface area contributed by atoms with Crippen LogP contribution in [-0.2, 0) is 6.54 Å². The van der Waals surface area contributed by atoms with Crippen LogP contribution in [0.2, 0.25) is 0 Å². The van der Waals surface area contributed by atoms with Crippen LogP contribution in [0, 0.1) is 0 Å². The van der Waals surface area contributed by atoms with Crippen molar-refractivity contribution in [2.24, 2.45) is 0 Å². The molecular weight excluding hydrogens is 404 g/mol. The van der Waals surface area contributed by atoms with E-state index in [0.29, 0.717) is 29.5 Å². The third-order valence-electron chi connectivity index (χ3n) is 5.51. The van der Waals surface area contributed by atoms with Gasteiger partial charge in [0.1, 0.15) is 5.75 Å². The van der Waals surface area contributed by atoms with Crippen molar-refractivity contribution in [2.45, 2.75) is 6.54 Å². The predicted molar refractivity (Wildman–Crippen MR) is 122 cm³/mol. The van der Waals surface area contributed by atoms with Gasteiger partial charge in [0.25, 0.3) is 5.56 Å². The van der Waals surface area contributed by atoms with E-state index in [9.17, 15) is 9.59 Å². The minimum Gasteiger partial charge on any atom is -0.497 e. The van der Waals surface area contributed by atoms with E-state index in [2.05, 4.69) is 4.98 Å². The molecule has 0 saturated carbocycles. The minimum atomic E-state index is -0.171. The number of anilines is 2. The third kappa shape index (κ3) is 3.54. The van der Waals surface area contributed by atoms with E-state index >= 15 is 0 Å². The fourth-order valence-electron chi connectivity index (χ4n) is 3.89. The van der Waals surface area contributed by atoms with Crippen molar-refractivity contribution in [1.82, 2.24) is 14.5 Å². The maximum absolute atomic E-state index is 13.2. The van der Waals surface area contributed by atoms with Crippen LogP contribution in [0.25, 0.3) is 11.3 Å². The Labute approximate surface area is 184 Å². The Balaban J connectivity index is 1.61.